The molecule has 0 aliphatic carbocycles. The van der Waals surface area contributed by atoms with Crippen molar-refractivity contribution in [3.8, 4) is 11.5 Å². The third-order valence-corrected chi connectivity index (χ3v) is 3.40. The molecule has 0 spiro atoms. The van der Waals surface area contributed by atoms with Crippen molar-refractivity contribution in [2.24, 2.45) is 0 Å². The minimum Gasteiger partial charge on any atom is -0.497 e. The molecular formula is C17H16ClNO4. The molecule has 1 N–H and O–H groups in total. The number of amides is 1. The van der Waals surface area contributed by atoms with Gasteiger partial charge in [0.2, 0.25) is 0 Å². The molecule has 0 aliphatic rings. The fourth-order valence-electron chi connectivity index (χ4n) is 1.93. The number of ether oxygens (including phenoxy) is 2. The lowest BCUT2D eigenvalue weighted by molar-refractivity contribution is -0.118. The molecule has 23 heavy (non-hydrogen) atoms. The molecule has 0 bridgehead atoms. The van der Waals surface area contributed by atoms with Gasteiger partial charge in [0.05, 0.1) is 23.4 Å². The molecule has 0 fully saturated rings. The standard InChI is InChI=1S/C17H16ClNO4/c1-11(20)13-8-7-12(22-2)9-16(13)23-10-17(21)19-15-6-4-3-5-14(15)18/h3-9H,10H2,1-2H3,(H,19,21). The largest absolute Gasteiger partial charge is 0.497 e. The highest BCUT2D eigenvalue weighted by Crippen LogP contribution is 2.25. The summed E-state index contributed by atoms with van der Waals surface area (Å²) in [6.07, 6.45) is 0. The van der Waals surface area contributed by atoms with Crippen LogP contribution in [0.2, 0.25) is 5.02 Å². The van der Waals surface area contributed by atoms with E-state index in [4.69, 9.17) is 21.1 Å². The number of ketones is 1. The number of hydrogen-bond acceptors (Lipinski definition) is 4. The third kappa shape index (κ3) is 4.47. The van der Waals surface area contributed by atoms with E-state index in [1.54, 1.807) is 42.5 Å². The first-order valence-electron chi connectivity index (χ1n) is 6.87. The molecule has 6 heteroatoms. The van der Waals surface area contributed by atoms with E-state index in [9.17, 15) is 9.59 Å². The van der Waals surface area contributed by atoms with Crippen LogP contribution in [0.4, 0.5) is 5.69 Å². The maximum Gasteiger partial charge on any atom is 0.262 e. The van der Waals surface area contributed by atoms with Gasteiger partial charge in [-0.15, -0.1) is 0 Å². The van der Waals surface area contributed by atoms with Gasteiger partial charge in [0.25, 0.3) is 5.91 Å². The number of Topliss-reactive ketones (excluding diaryl/α,β-unsaturated/α-hetero) is 1. The summed E-state index contributed by atoms with van der Waals surface area (Å²) in [6.45, 7) is 1.18. The van der Waals surface area contributed by atoms with Crippen molar-refractivity contribution in [1.82, 2.24) is 0 Å². The fourth-order valence-corrected chi connectivity index (χ4v) is 2.12. The van der Waals surface area contributed by atoms with E-state index in [-0.39, 0.29) is 18.3 Å². The third-order valence-electron chi connectivity index (χ3n) is 3.07. The molecule has 0 saturated carbocycles. The highest BCUT2D eigenvalue weighted by atomic mass is 35.5. The molecule has 0 aromatic heterocycles. The second kappa shape index (κ2) is 7.65. The smallest absolute Gasteiger partial charge is 0.262 e. The molecule has 120 valence electrons. The Labute approximate surface area is 139 Å². The van der Waals surface area contributed by atoms with Crippen LogP contribution >= 0.6 is 11.6 Å². The zero-order valence-electron chi connectivity index (χ0n) is 12.8. The predicted molar refractivity (Wildman–Crippen MR) is 88.6 cm³/mol. The summed E-state index contributed by atoms with van der Waals surface area (Å²) in [5.74, 6) is 0.298. The van der Waals surface area contributed by atoms with Gasteiger partial charge in [0.1, 0.15) is 11.5 Å². The summed E-state index contributed by atoms with van der Waals surface area (Å²) in [5.41, 5.74) is 0.886. The Bertz CT molecular complexity index is 730. The number of nitrogens with one attached hydrogen (secondary N) is 1. The zero-order chi connectivity index (χ0) is 16.8. The van der Waals surface area contributed by atoms with E-state index >= 15 is 0 Å². The van der Waals surface area contributed by atoms with Crippen LogP contribution in [0.1, 0.15) is 17.3 Å². The molecule has 0 aliphatic heterocycles. The van der Waals surface area contributed by atoms with Crippen molar-refractivity contribution < 1.29 is 19.1 Å². The summed E-state index contributed by atoms with van der Waals surface area (Å²) in [5, 5.41) is 3.08. The first kappa shape index (κ1) is 16.8. The van der Waals surface area contributed by atoms with Gasteiger partial charge in [-0.05, 0) is 31.2 Å². The van der Waals surface area contributed by atoms with E-state index in [0.717, 1.165) is 0 Å². The van der Waals surface area contributed by atoms with Crippen LogP contribution in [0.25, 0.3) is 0 Å². The molecule has 0 heterocycles. The van der Waals surface area contributed by atoms with Crippen molar-refractivity contribution in [3.63, 3.8) is 0 Å². The summed E-state index contributed by atoms with van der Waals surface area (Å²) < 4.78 is 10.6. The topological polar surface area (TPSA) is 64.6 Å². The number of halogens is 1. The summed E-state index contributed by atoms with van der Waals surface area (Å²) in [4.78, 5) is 23.6. The normalized spacial score (nSPS) is 10.0. The number of carbonyl (C=O) groups excluding carboxylic acids is 2. The van der Waals surface area contributed by atoms with Gasteiger partial charge in [-0.3, -0.25) is 9.59 Å². The average molecular weight is 334 g/mol. The lowest BCUT2D eigenvalue weighted by atomic mass is 10.1. The molecule has 1 amide bonds. The quantitative estimate of drug-likeness (QED) is 0.821. The highest BCUT2D eigenvalue weighted by molar-refractivity contribution is 6.33. The summed E-state index contributed by atoms with van der Waals surface area (Å²) in [7, 11) is 1.51. The van der Waals surface area contributed by atoms with Crippen molar-refractivity contribution in [3.05, 3.63) is 53.1 Å². The van der Waals surface area contributed by atoms with Gasteiger partial charge in [-0.2, -0.15) is 0 Å². The average Bonchev–Trinajstić information content (AvgIpc) is 2.54. The van der Waals surface area contributed by atoms with Crippen LogP contribution in [-0.2, 0) is 4.79 Å². The Balaban J connectivity index is 2.06. The fraction of sp³-hybridized carbons (Fsp3) is 0.176. The number of anilines is 1. The Hall–Kier alpha value is -2.53. The zero-order valence-corrected chi connectivity index (χ0v) is 13.5. The number of hydrogen-bond donors (Lipinski definition) is 1. The molecule has 5 nitrogen and oxygen atoms in total. The molecule has 0 unspecified atom stereocenters. The molecule has 0 atom stereocenters. The second-order valence-corrected chi connectivity index (χ2v) is 5.14. The second-order valence-electron chi connectivity index (χ2n) is 4.73. The van der Waals surface area contributed by atoms with Crippen molar-refractivity contribution in [2.45, 2.75) is 6.92 Å². The number of benzene rings is 2. The van der Waals surface area contributed by atoms with Gasteiger partial charge in [0.15, 0.2) is 12.4 Å². The van der Waals surface area contributed by atoms with Crippen LogP contribution < -0.4 is 14.8 Å². The monoisotopic (exact) mass is 333 g/mol. The summed E-state index contributed by atoms with van der Waals surface area (Å²) >= 11 is 5.98. The Morgan fingerprint density at radius 3 is 2.57 bits per heavy atom. The molecule has 2 aromatic rings. The number of rotatable bonds is 6. The molecule has 2 aromatic carbocycles. The van der Waals surface area contributed by atoms with E-state index in [1.165, 1.54) is 14.0 Å². The lowest BCUT2D eigenvalue weighted by Crippen LogP contribution is -2.21. The van der Waals surface area contributed by atoms with Crippen molar-refractivity contribution >= 4 is 29.0 Å². The van der Waals surface area contributed by atoms with Gasteiger partial charge >= 0.3 is 0 Å². The molecule has 0 radical (unpaired) electrons. The highest BCUT2D eigenvalue weighted by Gasteiger charge is 2.12. The molecule has 0 saturated heterocycles. The van der Waals surface area contributed by atoms with Crippen LogP contribution in [0, 0.1) is 0 Å². The number of methoxy groups -OCH3 is 1. The maximum absolute atomic E-state index is 12.0. The summed E-state index contributed by atoms with van der Waals surface area (Å²) in [6, 6.07) is 11.7. The predicted octanol–water partition coefficient (Wildman–Crippen LogP) is 3.57. The molecular weight excluding hydrogens is 318 g/mol. The molecule has 2 rings (SSSR count). The van der Waals surface area contributed by atoms with Gasteiger partial charge in [-0.1, -0.05) is 23.7 Å². The van der Waals surface area contributed by atoms with E-state index < -0.39 is 0 Å². The van der Waals surface area contributed by atoms with Crippen LogP contribution in [0.5, 0.6) is 11.5 Å². The lowest BCUT2D eigenvalue weighted by Gasteiger charge is -2.12. The van der Waals surface area contributed by atoms with Crippen LogP contribution in [0.3, 0.4) is 0 Å². The van der Waals surface area contributed by atoms with Crippen LogP contribution in [-0.4, -0.2) is 25.4 Å². The maximum atomic E-state index is 12.0. The van der Waals surface area contributed by atoms with Gasteiger partial charge in [0, 0.05) is 6.07 Å². The Kier molecular flexibility index (Phi) is 5.60. The van der Waals surface area contributed by atoms with Gasteiger partial charge < -0.3 is 14.8 Å². The van der Waals surface area contributed by atoms with Crippen LogP contribution in [0.15, 0.2) is 42.5 Å². The van der Waals surface area contributed by atoms with E-state index in [1.807, 2.05) is 0 Å². The SMILES string of the molecule is COc1ccc(C(C)=O)c(OCC(=O)Nc2ccccc2Cl)c1. The number of para-hydroxylation sites is 1. The Morgan fingerprint density at radius 2 is 1.91 bits per heavy atom. The first-order valence-corrected chi connectivity index (χ1v) is 7.25. The first-order chi connectivity index (χ1) is 11.0. The van der Waals surface area contributed by atoms with Gasteiger partial charge in [-0.25, -0.2) is 0 Å². The van der Waals surface area contributed by atoms with Crippen molar-refractivity contribution in [1.29, 1.82) is 0 Å². The minimum absolute atomic E-state index is 0.158. The minimum atomic E-state index is -0.379. The number of carbonyl (C=O) groups is 2. The van der Waals surface area contributed by atoms with E-state index in [0.29, 0.717) is 27.8 Å². The van der Waals surface area contributed by atoms with Crippen molar-refractivity contribution in [2.75, 3.05) is 19.0 Å². The van der Waals surface area contributed by atoms with E-state index in [2.05, 4.69) is 5.32 Å². The Morgan fingerprint density at radius 1 is 1.17 bits per heavy atom.